The number of pyridine rings is 1. The second kappa shape index (κ2) is 7.07. The molecule has 0 radical (unpaired) electrons. The zero-order valence-corrected chi connectivity index (χ0v) is 13.4. The maximum Gasteiger partial charge on any atom is 0.130 e. The third-order valence-electron chi connectivity index (χ3n) is 4.40. The van der Waals surface area contributed by atoms with E-state index in [9.17, 15) is 0 Å². The van der Waals surface area contributed by atoms with Crippen LogP contribution < -0.4 is 5.32 Å². The number of piperidine rings is 1. The molecule has 2 rings (SSSR count). The summed E-state index contributed by atoms with van der Waals surface area (Å²) in [5.74, 6) is 1.08. The highest BCUT2D eigenvalue weighted by atomic mass is 15.2. The minimum atomic E-state index is 0.472. The van der Waals surface area contributed by atoms with Gasteiger partial charge in [-0.2, -0.15) is 0 Å². The number of nitrogens with one attached hydrogen (secondary N) is 1. The van der Waals surface area contributed by atoms with Crippen LogP contribution in [-0.2, 0) is 0 Å². The van der Waals surface area contributed by atoms with Crippen LogP contribution in [0.5, 0.6) is 0 Å². The van der Waals surface area contributed by atoms with Crippen LogP contribution in [0.15, 0.2) is 18.3 Å². The van der Waals surface area contributed by atoms with E-state index in [1.807, 2.05) is 6.20 Å². The predicted octanol–water partition coefficient (Wildman–Crippen LogP) is 4.23. The Morgan fingerprint density at radius 1 is 1.35 bits per heavy atom. The molecule has 2 atom stereocenters. The molecule has 1 N–H and O–H groups in total. The molecule has 3 nitrogen and oxygen atoms in total. The van der Waals surface area contributed by atoms with Crippen LogP contribution in [0.3, 0.4) is 0 Å². The van der Waals surface area contributed by atoms with Gasteiger partial charge in [0.25, 0.3) is 0 Å². The molecule has 0 bridgehead atoms. The molecule has 1 fully saturated rings. The minimum absolute atomic E-state index is 0.472. The molecule has 0 saturated carbocycles. The van der Waals surface area contributed by atoms with Gasteiger partial charge >= 0.3 is 0 Å². The Hall–Kier alpha value is -1.09. The molecule has 0 spiro atoms. The molecule has 0 amide bonds. The zero-order chi connectivity index (χ0) is 14.5. The third kappa shape index (κ3) is 3.51. The molecule has 20 heavy (non-hydrogen) atoms. The summed E-state index contributed by atoms with van der Waals surface area (Å²) in [5.41, 5.74) is 1.38. The summed E-state index contributed by atoms with van der Waals surface area (Å²) in [6.07, 6.45) is 6.92. The van der Waals surface area contributed by atoms with Crippen LogP contribution in [-0.4, -0.2) is 28.5 Å². The Morgan fingerprint density at radius 3 is 2.85 bits per heavy atom. The lowest BCUT2D eigenvalue weighted by molar-refractivity contribution is 0.112. The van der Waals surface area contributed by atoms with Crippen LogP contribution in [0, 0.1) is 0 Å². The van der Waals surface area contributed by atoms with E-state index in [1.165, 1.54) is 31.4 Å². The van der Waals surface area contributed by atoms with E-state index in [0.29, 0.717) is 18.1 Å². The van der Waals surface area contributed by atoms with Gasteiger partial charge in [0.1, 0.15) is 5.82 Å². The van der Waals surface area contributed by atoms with Gasteiger partial charge in [-0.1, -0.05) is 19.4 Å². The molecule has 1 aromatic heterocycles. The van der Waals surface area contributed by atoms with E-state index < -0.39 is 0 Å². The van der Waals surface area contributed by atoms with E-state index in [-0.39, 0.29) is 0 Å². The monoisotopic (exact) mass is 275 g/mol. The van der Waals surface area contributed by atoms with Gasteiger partial charge in [-0.3, -0.25) is 4.90 Å². The molecule has 1 saturated heterocycles. The first-order chi connectivity index (χ1) is 9.63. The van der Waals surface area contributed by atoms with Crippen molar-refractivity contribution < 1.29 is 0 Å². The first-order valence-corrected chi connectivity index (χ1v) is 8.10. The fourth-order valence-corrected chi connectivity index (χ4v) is 3.05. The number of hydrogen-bond acceptors (Lipinski definition) is 3. The van der Waals surface area contributed by atoms with Crippen molar-refractivity contribution in [1.82, 2.24) is 9.88 Å². The summed E-state index contributed by atoms with van der Waals surface area (Å²) >= 11 is 0. The topological polar surface area (TPSA) is 28.2 Å². The molecule has 0 unspecified atom stereocenters. The summed E-state index contributed by atoms with van der Waals surface area (Å²) in [4.78, 5) is 7.23. The Kier molecular flexibility index (Phi) is 5.41. The zero-order valence-electron chi connectivity index (χ0n) is 13.4. The summed E-state index contributed by atoms with van der Waals surface area (Å²) in [7, 11) is 0. The summed E-state index contributed by atoms with van der Waals surface area (Å²) < 4.78 is 0. The second-order valence-electron chi connectivity index (χ2n) is 6.24. The van der Waals surface area contributed by atoms with Crippen molar-refractivity contribution in [2.45, 2.75) is 71.5 Å². The Morgan fingerprint density at radius 2 is 2.15 bits per heavy atom. The Balaban J connectivity index is 2.25. The molecule has 1 aliphatic heterocycles. The Labute approximate surface area is 123 Å². The molecule has 1 aliphatic rings. The lowest BCUT2D eigenvalue weighted by atomic mass is 9.94. The summed E-state index contributed by atoms with van der Waals surface area (Å²) in [6, 6.07) is 5.91. The number of rotatable bonds is 5. The highest BCUT2D eigenvalue weighted by Gasteiger charge is 2.28. The average molecular weight is 275 g/mol. The largest absolute Gasteiger partial charge is 0.367 e. The standard InChI is InChI=1S/C17H29N3/c1-5-14(4)19-17-15(9-8-11-18-17)16-10-6-7-12-20(16)13(2)3/h8-9,11,13-14,16H,5-7,10,12H2,1-4H3,(H,18,19)/t14-,16+/m1/s1. The first kappa shape index (κ1) is 15.3. The van der Waals surface area contributed by atoms with Crippen LogP contribution in [0.4, 0.5) is 5.82 Å². The van der Waals surface area contributed by atoms with Crippen molar-refractivity contribution in [2.75, 3.05) is 11.9 Å². The van der Waals surface area contributed by atoms with Gasteiger partial charge in [-0.05, 0) is 52.6 Å². The average Bonchev–Trinajstić information content (AvgIpc) is 2.47. The minimum Gasteiger partial charge on any atom is -0.367 e. The van der Waals surface area contributed by atoms with E-state index in [2.05, 4.69) is 55.0 Å². The normalized spacial score (nSPS) is 21.9. The van der Waals surface area contributed by atoms with Crippen molar-refractivity contribution in [3.05, 3.63) is 23.9 Å². The van der Waals surface area contributed by atoms with Crippen molar-refractivity contribution in [3.8, 4) is 0 Å². The van der Waals surface area contributed by atoms with Crippen LogP contribution >= 0.6 is 0 Å². The van der Waals surface area contributed by atoms with Crippen molar-refractivity contribution >= 4 is 5.82 Å². The molecule has 112 valence electrons. The highest BCUT2D eigenvalue weighted by Crippen LogP contribution is 2.35. The van der Waals surface area contributed by atoms with Crippen LogP contribution in [0.25, 0.3) is 0 Å². The summed E-state index contributed by atoms with van der Waals surface area (Å²) in [5, 5.41) is 3.58. The van der Waals surface area contributed by atoms with Crippen molar-refractivity contribution in [2.24, 2.45) is 0 Å². The van der Waals surface area contributed by atoms with Gasteiger partial charge in [0, 0.05) is 29.9 Å². The van der Waals surface area contributed by atoms with Crippen LogP contribution in [0.1, 0.15) is 65.0 Å². The lowest BCUT2D eigenvalue weighted by Crippen LogP contribution is -2.39. The molecular weight excluding hydrogens is 246 g/mol. The van der Waals surface area contributed by atoms with Gasteiger partial charge < -0.3 is 5.32 Å². The fourth-order valence-electron chi connectivity index (χ4n) is 3.05. The fraction of sp³-hybridized carbons (Fsp3) is 0.706. The molecule has 1 aromatic rings. The molecule has 0 aromatic carbocycles. The molecule has 2 heterocycles. The van der Waals surface area contributed by atoms with E-state index in [1.54, 1.807) is 0 Å². The first-order valence-electron chi connectivity index (χ1n) is 8.10. The van der Waals surface area contributed by atoms with Gasteiger partial charge in [0.2, 0.25) is 0 Å². The van der Waals surface area contributed by atoms with Gasteiger partial charge in [-0.15, -0.1) is 0 Å². The number of hydrogen-bond donors (Lipinski definition) is 1. The predicted molar refractivity (Wildman–Crippen MR) is 86.0 cm³/mol. The summed E-state index contributed by atoms with van der Waals surface area (Å²) in [6.45, 7) is 10.2. The van der Waals surface area contributed by atoms with Gasteiger partial charge in [0.05, 0.1) is 0 Å². The van der Waals surface area contributed by atoms with E-state index in [4.69, 9.17) is 0 Å². The number of likely N-dealkylation sites (tertiary alicyclic amines) is 1. The van der Waals surface area contributed by atoms with Crippen LogP contribution in [0.2, 0.25) is 0 Å². The van der Waals surface area contributed by atoms with Gasteiger partial charge in [-0.25, -0.2) is 4.98 Å². The smallest absolute Gasteiger partial charge is 0.130 e. The van der Waals surface area contributed by atoms with Gasteiger partial charge in [0.15, 0.2) is 0 Å². The van der Waals surface area contributed by atoms with Crippen molar-refractivity contribution in [3.63, 3.8) is 0 Å². The number of aromatic nitrogens is 1. The lowest BCUT2D eigenvalue weighted by Gasteiger charge is -2.39. The highest BCUT2D eigenvalue weighted by molar-refractivity contribution is 5.46. The van der Waals surface area contributed by atoms with Crippen molar-refractivity contribution in [1.29, 1.82) is 0 Å². The second-order valence-corrected chi connectivity index (χ2v) is 6.24. The van der Waals surface area contributed by atoms with E-state index >= 15 is 0 Å². The quantitative estimate of drug-likeness (QED) is 0.871. The number of nitrogens with zero attached hydrogens (tertiary/aromatic N) is 2. The number of anilines is 1. The third-order valence-corrected chi connectivity index (χ3v) is 4.40. The maximum absolute atomic E-state index is 4.60. The van der Waals surface area contributed by atoms with E-state index in [0.717, 1.165) is 12.2 Å². The molecular formula is C17H29N3. The molecule has 0 aliphatic carbocycles. The Bertz CT molecular complexity index is 416. The SMILES string of the molecule is CC[C@@H](C)Nc1ncccc1[C@@H]1CCCCN1C(C)C. The maximum atomic E-state index is 4.60. The molecule has 3 heteroatoms.